The Morgan fingerprint density at radius 1 is 0.308 bits per heavy atom. The summed E-state index contributed by atoms with van der Waals surface area (Å²) in [7, 11) is 0. The lowest BCUT2D eigenvalue weighted by atomic mass is 9.98. The number of nitrogens with two attached hydrogens (primary N) is 7. The minimum atomic E-state index is 0.582. The average Bonchev–Trinajstić information content (AvgIpc) is 2.95. The molecule has 7 nitrogen and oxygen atoms in total. The molecule has 39 heavy (non-hydrogen) atoms. The van der Waals surface area contributed by atoms with E-state index in [2.05, 4.69) is 62.3 Å². The van der Waals surface area contributed by atoms with Crippen LogP contribution in [0.2, 0.25) is 0 Å². The Labute approximate surface area is 246 Å². The van der Waals surface area contributed by atoms with Gasteiger partial charge in [-0.25, -0.2) is 0 Å². The van der Waals surface area contributed by atoms with Crippen LogP contribution in [-0.4, -0.2) is 45.8 Å². The van der Waals surface area contributed by atoms with E-state index >= 15 is 0 Å². The summed E-state index contributed by atoms with van der Waals surface area (Å²) < 4.78 is 0. The highest BCUT2D eigenvalue weighted by Gasteiger charge is 2.04. The first-order valence-corrected chi connectivity index (χ1v) is 16.0. The minimum Gasteiger partial charge on any atom is -0.330 e. The average molecular weight is 561 g/mol. The molecule has 0 heterocycles. The predicted octanol–water partition coefficient (Wildman–Crippen LogP) is 4.70. The molecule has 1 radical (unpaired) electrons. The van der Waals surface area contributed by atoms with Crippen molar-refractivity contribution in [3.05, 3.63) is 6.92 Å². The standard InChI is InChI=1S/3C8H20N2.C8H18N/c3*1-7(5-9)3-4-8(2)6-10;1-7(2)4-5-8(3)6-9/h3*7-8H,3-6,9-10H2,1-2H3;7-8H,1,4-6,9H2,2-3H3. The van der Waals surface area contributed by atoms with Crippen molar-refractivity contribution < 1.29 is 0 Å². The molecule has 0 rings (SSSR count). The maximum atomic E-state index is 5.47. The highest BCUT2D eigenvalue weighted by Crippen LogP contribution is 2.11. The van der Waals surface area contributed by atoms with Gasteiger partial charge in [0.15, 0.2) is 0 Å². The summed E-state index contributed by atoms with van der Waals surface area (Å²) in [4.78, 5) is 0. The second-order valence-electron chi connectivity index (χ2n) is 12.8. The fourth-order valence-corrected chi connectivity index (χ4v) is 3.10. The van der Waals surface area contributed by atoms with Gasteiger partial charge in [-0.1, -0.05) is 68.7 Å². The van der Waals surface area contributed by atoms with Crippen LogP contribution < -0.4 is 40.1 Å². The van der Waals surface area contributed by atoms with E-state index < -0.39 is 0 Å². The minimum absolute atomic E-state index is 0.582. The van der Waals surface area contributed by atoms with Gasteiger partial charge in [0.1, 0.15) is 0 Å². The maximum Gasteiger partial charge on any atom is -0.00515 e. The quantitative estimate of drug-likeness (QED) is 0.119. The molecule has 0 aliphatic carbocycles. The van der Waals surface area contributed by atoms with Gasteiger partial charge < -0.3 is 40.1 Å². The molecular formula is C32H78N7. The van der Waals surface area contributed by atoms with Crippen LogP contribution >= 0.6 is 0 Å². The van der Waals surface area contributed by atoms with Gasteiger partial charge in [0.25, 0.3) is 0 Å². The van der Waals surface area contributed by atoms with E-state index in [-0.39, 0.29) is 0 Å². The Morgan fingerprint density at radius 3 is 0.538 bits per heavy atom. The summed E-state index contributed by atoms with van der Waals surface area (Å²) in [6.07, 6.45) is 9.73. The van der Waals surface area contributed by atoms with Crippen molar-refractivity contribution in [3.8, 4) is 0 Å². The summed E-state index contributed by atoms with van der Waals surface area (Å²) in [5, 5.41) is 0. The molecule has 241 valence electrons. The van der Waals surface area contributed by atoms with Crippen LogP contribution in [0.3, 0.4) is 0 Å². The smallest absolute Gasteiger partial charge is 0.00515 e. The second-order valence-corrected chi connectivity index (χ2v) is 12.8. The van der Waals surface area contributed by atoms with Gasteiger partial charge in [-0.05, 0) is 138 Å². The van der Waals surface area contributed by atoms with Gasteiger partial charge in [-0.3, -0.25) is 0 Å². The van der Waals surface area contributed by atoms with Gasteiger partial charge in [-0.2, -0.15) is 0 Å². The van der Waals surface area contributed by atoms with Gasteiger partial charge >= 0.3 is 0 Å². The number of hydrogen-bond acceptors (Lipinski definition) is 7. The van der Waals surface area contributed by atoms with Crippen LogP contribution in [0, 0.1) is 54.3 Å². The number of rotatable bonds is 19. The van der Waals surface area contributed by atoms with E-state index in [1.165, 1.54) is 51.4 Å². The third kappa shape index (κ3) is 42.3. The van der Waals surface area contributed by atoms with Crippen LogP contribution in [0.5, 0.6) is 0 Å². The Kier molecular flexibility index (Phi) is 39.8. The summed E-state index contributed by atoms with van der Waals surface area (Å²) in [5.74, 6) is 5.22. The third-order valence-electron chi connectivity index (χ3n) is 7.43. The summed E-state index contributed by atoms with van der Waals surface area (Å²) >= 11 is 0. The van der Waals surface area contributed by atoms with Crippen molar-refractivity contribution in [1.82, 2.24) is 0 Å². The molecule has 0 bridgehead atoms. The molecule has 0 saturated heterocycles. The lowest BCUT2D eigenvalue weighted by Crippen LogP contribution is -2.15. The number of hydrogen-bond donors (Lipinski definition) is 7. The zero-order valence-corrected chi connectivity index (χ0v) is 28.0. The van der Waals surface area contributed by atoms with Crippen molar-refractivity contribution >= 4 is 0 Å². The Balaban J connectivity index is -0.000000210. The first-order valence-electron chi connectivity index (χ1n) is 16.0. The van der Waals surface area contributed by atoms with Crippen molar-refractivity contribution in [2.24, 2.45) is 87.5 Å². The molecule has 0 aromatic carbocycles. The molecule has 0 fully saturated rings. The third-order valence-corrected chi connectivity index (χ3v) is 7.43. The van der Waals surface area contributed by atoms with Gasteiger partial charge in [0, 0.05) is 0 Å². The fourth-order valence-electron chi connectivity index (χ4n) is 3.10. The molecule has 8 atom stereocenters. The van der Waals surface area contributed by atoms with Crippen LogP contribution in [0.15, 0.2) is 0 Å². The summed E-state index contributed by atoms with van der Waals surface area (Å²) in [5.41, 5.74) is 38.2. The van der Waals surface area contributed by atoms with Gasteiger partial charge in [-0.15, -0.1) is 0 Å². The molecule has 0 saturated carbocycles. The maximum absolute atomic E-state index is 5.47. The van der Waals surface area contributed by atoms with Crippen LogP contribution in [0.1, 0.15) is 107 Å². The van der Waals surface area contributed by atoms with E-state index in [4.69, 9.17) is 40.1 Å². The van der Waals surface area contributed by atoms with Crippen molar-refractivity contribution in [2.45, 2.75) is 107 Å². The summed E-state index contributed by atoms with van der Waals surface area (Å²) in [6.45, 7) is 27.0. The molecule has 8 unspecified atom stereocenters. The molecular weight excluding hydrogens is 482 g/mol. The first-order chi connectivity index (χ1) is 18.3. The van der Waals surface area contributed by atoms with Crippen molar-refractivity contribution in [1.29, 1.82) is 0 Å². The monoisotopic (exact) mass is 561 g/mol. The lowest BCUT2D eigenvalue weighted by molar-refractivity contribution is 0.441. The highest BCUT2D eigenvalue weighted by atomic mass is 14.6. The zero-order chi connectivity index (χ0) is 31.2. The van der Waals surface area contributed by atoms with Gasteiger partial charge in [0.05, 0.1) is 0 Å². The molecule has 0 aliphatic heterocycles. The van der Waals surface area contributed by atoms with Crippen molar-refractivity contribution in [2.75, 3.05) is 45.8 Å². The second kappa shape index (κ2) is 33.9. The van der Waals surface area contributed by atoms with Crippen molar-refractivity contribution in [3.63, 3.8) is 0 Å². The van der Waals surface area contributed by atoms with Crippen LogP contribution in [0.4, 0.5) is 0 Å². The molecule has 0 aliphatic rings. The Morgan fingerprint density at radius 2 is 0.436 bits per heavy atom. The fraction of sp³-hybridized carbons (Fsp3) is 0.969. The molecule has 0 aromatic rings. The Hall–Kier alpha value is -0.280. The lowest BCUT2D eigenvalue weighted by Gasteiger charge is -2.11. The SMILES string of the molecule is CC(CN)CCC(C)CN.CC(CN)CCC(C)CN.CC(CN)CCC(C)CN.[CH2]C(C)CCC(C)CN. The summed E-state index contributed by atoms with van der Waals surface area (Å²) in [6, 6.07) is 0. The Bertz CT molecular complexity index is 359. The van der Waals surface area contributed by atoms with E-state index in [1.807, 2.05) is 0 Å². The van der Waals surface area contributed by atoms with Gasteiger partial charge in [0.2, 0.25) is 0 Å². The molecule has 0 spiro atoms. The first kappa shape index (κ1) is 45.7. The highest BCUT2D eigenvalue weighted by molar-refractivity contribution is 4.61. The van der Waals surface area contributed by atoms with E-state index in [0.717, 1.165) is 45.8 Å². The van der Waals surface area contributed by atoms with Crippen LogP contribution in [-0.2, 0) is 0 Å². The topological polar surface area (TPSA) is 182 Å². The predicted molar refractivity (Wildman–Crippen MR) is 179 cm³/mol. The largest absolute Gasteiger partial charge is 0.330 e. The van der Waals surface area contributed by atoms with E-state index in [9.17, 15) is 0 Å². The normalized spacial score (nSPS) is 16.2. The molecule has 0 amide bonds. The van der Waals surface area contributed by atoms with E-state index in [0.29, 0.717) is 47.3 Å². The molecule has 7 heteroatoms. The molecule has 0 aromatic heterocycles. The molecule has 14 N–H and O–H groups in total. The zero-order valence-electron chi connectivity index (χ0n) is 28.0. The van der Waals surface area contributed by atoms with E-state index in [1.54, 1.807) is 0 Å². The van der Waals surface area contributed by atoms with Crippen LogP contribution in [0.25, 0.3) is 0 Å².